The predicted molar refractivity (Wildman–Crippen MR) is 37.9 cm³/mol. The molecule has 0 rings (SSSR count). The Hall–Kier alpha value is -0.280. The normalized spacial score (nSPS) is 12.7. The monoisotopic (exact) mass is 166 g/mol. The van der Waals surface area contributed by atoms with Crippen molar-refractivity contribution in [1.82, 2.24) is 0 Å². The molecule has 0 aliphatic carbocycles. The van der Waals surface area contributed by atoms with Crippen LogP contribution in [-0.2, 0) is 14.3 Å². The van der Waals surface area contributed by atoms with Gasteiger partial charge in [0.1, 0.15) is 0 Å². The van der Waals surface area contributed by atoms with Crippen LogP contribution in [0.15, 0.2) is 0 Å². The fraction of sp³-hybridized carbons (Fsp3) is 0.833. The third-order valence-corrected chi connectivity index (χ3v) is 0.962. The number of carbonyl (C=O) groups excluding carboxylic acids is 1. The van der Waals surface area contributed by atoms with Crippen molar-refractivity contribution in [2.75, 3.05) is 13.2 Å². The Labute approximate surface area is 65.3 Å². The minimum Gasteiger partial charge on any atom is -0.444 e. The lowest BCUT2D eigenvalue weighted by molar-refractivity contribution is -0.144. The Bertz CT molecular complexity index is 105. The van der Waals surface area contributed by atoms with Crippen LogP contribution in [0.4, 0.5) is 0 Å². The second-order valence-corrected chi connectivity index (χ2v) is 2.17. The summed E-state index contributed by atoms with van der Waals surface area (Å²) in [6.45, 7) is 3.97. The van der Waals surface area contributed by atoms with Crippen LogP contribution >= 0.6 is 11.6 Å². The summed E-state index contributed by atoms with van der Waals surface area (Å²) in [6, 6.07) is 0. The molecule has 0 aromatic rings. The largest absolute Gasteiger partial charge is 0.444 e. The first-order valence-corrected chi connectivity index (χ1v) is 3.49. The van der Waals surface area contributed by atoms with Gasteiger partial charge in [-0.25, -0.2) is 0 Å². The fourth-order valence-electron chi connectivity index (χ4n) is 0.425. The maximum absolute atomic E-state index is 10.3. The highest BCUT2D eigenvalue weighted by Gasteiger charge is 2.05. The quantitative estimate of drug-likeness (QED) is 0.464. The van der Waals surface area contributed by atoms with Crippen molar-refractivity contribution in [2.45, 2.75) is 19.4 Å². The first kappa shape index (κ1) is 9.72. The zero-order chi connectivity index (χ0) is 7.98. The van der Waals surface area contributed by atoms with Gasteiger partial charge in [-0.3, -0.25) is 4.79 Å². The zero-order valence-corrected chi connectivity index (χ0v) is 6.85. The summed E-state index contributed by atoms with van der Waals surface area (Å²) < 4.78 is 9.44. The van der Waals surface area contributed by atoms with E-state index in [0.29, 0.717) is 6.61 Å². The number of hydrogen-bond donors (Lipinski definition) is 0. The summed E-state index contributed by atoms with van der Waals surface area (Å²) >= 11 is 5.49. The van der Waals surface area contributed by atoms with Crippen molar-refractivity contribution < 1.29 is 14.3 Å². The maximum atomic E-state index is 10.3. The number of hydrogen-bond acceptors (Lipinski definition) is 3. The molecule has 0 saturated carbocycles. The van der Waals surface area contributed by atoms with E-state index in [4.69, 9.17) is 16.3 Å². The van der Waals surface area contributed by atoms with Crippen LogP contribution < -0.4 is 0 Å². The van der Waals surface area contributed by atoms with Gasteiger partial charge in [-0.2, -0.15) is 0 Å². The molecule has 0 bridgehead atoms. The van der Waals surface area contributed by atoms with E-state index in [1.807, 2.05) is 6.92 Å². The molecule has 0 saturated heterocycles. The van der Waals surface area contributed by atoms with Crippen molar-refractivity contribution in [3.63, 3.8) is 0 Å². The molecule has 0 aliphatic heterocycles. The summed E-state index contributed by atoms with van der Waals surface area (Å²) in [5.41, 5.74) is -0.655. The Morgan fingerprint density at radius 3 is 2.70 bits per heavy atom. The van der Waals surface area contributed by atoms with Crippen LogP contribution in [0.25, 0.3) is 0 Å². The van der Waals surface area contributed by atoms with Crippen LogP contribution in [0.3, 0.4) is 0 Å². The number of halogens is 1. The van der Waals surface area contributed by atoms with Gasteiger partial charge in [0.05, 0.1) is 6.61 Å². The molecule has 3 nitrogen and oxygen atoms in total. The first-order valence-electron chi connectivity index (χ1n) is 3.05. The van der Waals surface area contributed by atoms with Gasteiger partial charge in [0.2, 0.25) is 0 Å². The molecule has 0 radical (unpaired) electrons. The van der Waals surface area contributed by atoms with E-state index in [-0.39, 0.29) is 12.6 Å². The highest BCUT2D eigenvalue weighted by Crippen LogP contribution is 1.98. The van der Waals surface area contributed by atoms with Crippen molar-refractivity contribution in [2.24, 2.45) is 0 Å². The molecule has 0 heterocycles. The SMILES string of the molecule is CCOCC(Cl)OC(C)=O. The average Bonchev–Trinajstić information content (AvgIpc) is 1.82. The molecule has 60 valence electrons. The van der Waals surface area contributed by atoms with Crippen molar-refractivity contribution in [3.8, 4) is 0 Å². The van der Waals surface area contributed by atoms with E-state index in [0.717, 1.165) is 0 Å². The van der Waals surface area contributed by atoms with Crippen LogP contribution in [0.2, 0.25) is 0 Å². The lowest BCUT2D eigenvalue weighted by Crippen LogP contribution is -2.15. The van der Waals surface area contributed by atoms with Crippen LogP contribution in [0, 0.1) is 0 Å². The number of esters is 1. The van der Waals surface area contributed by atoms with Crippen molar-refractivity contribution >= 4 is 17.6 Å². The average molecular weight is 167 g/mol. The van der Waals surface area contributed by atoms with Gasteiger partial charge < -0.3 is 9.47 Å². The smallest absolute Gasteiger partial charge is 0.304 e. The van der Waals surface area contributed by atoms with Crippen LogP contribution in [0.5, 0.6) is 0 Å². The molecule has 0 aliphatic rings. The van der Waals surface area contributed by atoms with E-state index in [1.165, 1.54) is 6.92 Å². The highest BCUT2D eigenvalue weighted by atomic mass is 35.5. The van der Waals surface area contributed by atoms with E-state index in [1.54, 1.807) is 0 Å². The summed E-state index contributed by atoms with van der Waals surface area (Å²) in [7, 11) is 0. The van der Waals surface area contributed by atoms with Crippen molar-refractivity contribution in [3.05, 3.63) is 0 Å². The number of ether oxygens (including phenoxy) is 2. The van der Waals surface area contributed by atoms with Gasteiger partial charge in [0, 0.05) is 13.5 Å². The molecule has 0 aromatic heterocycles. The molecule has 4 heteroatoms. The predicted octanol–water partition coefficient (Wildman–Crippen LogP) is 1.15. The van der Waals surface area contributed by atoms with Gasteiger partial charge >= 0.3 is 5.97 Å². The summed E-state index contributed by atoms with van der Waals surface area (Å²) in [6.07, 6.45) is 0. The van der Waals surface area contributed by atoms with Gasteiger partial charge in [-0.05, 0) is 6.92 Å². The van der Waals surface area contributed by atoms with Gasteiger partial charge in [-0.15, -0.1) is 0 Å². The van der Waals surface area contributed by atoms with E-state index < -0.39 is 5.56 Å². The molecule has 0 aromatic carbocycles. The molecule has 0 spiro atoms. The molecular weight excluding hydrogens is 156 g/mol. The van der Waals surface area contributed by atoms with E-state index in [2.05, 4.69) is 4.74 Å². The number of rotatable bonds is 4. The molecule has 0 amide bonds. The summed E-state index contributed by atoms with van der Waals surface area (Å²) in [5.74, 6) is -0.389. The Kier molecular flexibility index (Phi) is 5.35. The Balaban J connectivity index is 3.25. The van der Waals surface area contributed by atoms with Gasteiger partial charge in [0.25, 0.3) is 0 Å². The Morgan fingerprint density at radius 2 is 2.30 bits per heavy atom. The molecule has 0 fully saturated rings. The maximum Gasteiger partial charge on any atom is 0.304 e. The van der Waals surface area contributed by atoms with Crippen LogP contribution in [-0.4, -0.2) is 24.7 Å². The summed E-state index contributed by atoms with van der Waals surface area (Å²) in [4.78, 5) is 10.3. The molecule has 1 unspecified atom stereocenters. The van der Waals surface area contributed by atoms with Crippen molar-refractivity contribution in [1.29, 1.82) is 0 Å². The standard InChI is InChI=1S/C6H11ClO3/c1-3-9-4-6(7)10-5(2)8/h6H,3-4H2,1-2H3. The minimum atomic E-state index is -0.655. The Morgan fingerprint density at radius 1 is 1.70 bits per heavy atom. The third-order valence-electron chi connectivity index (χ3n) is 0.747. The van der Waals surface area contributed by atoms with Gasteiger partial charge in [0.15, 0.2) is 5.56 Å². The lowest BCUT2D eigenvalue weighted by atomic mass is 10.7. The second kappa shape index (κ2) is 5.50. The van der Waals surface area contributed by atoms with E-state index >= 15 is 0 Å². The van der Waals surface area contributed by atoms with Gasteiger partial charge in [-0.1, -0.05) is 11.6 Å². The molecule has 0 N–H and O–H groups in total. The summed E-state index contributed by atoms with van der Waals surface area (Å²) in [5, 5.41) is 0. The molecule has 1 atom stereocenters. The molecular formula is C6H11ClO3. The third kappa shape index (κ3) is 5.85. The minimum absolute atomic E-state index is 0.248. The van der Waals surface area contributed by atoms with Crippen LogP contribution in [0.1, 0.15) is 13.8 Å². The zero-order valence-electron chi connectivity index (χ0n) is 6.09. The van der Waals surface area contributed by atoms with E-state index in [9.17, 15) is 4.79 Å². The fourth-order valence-corrected chi connectivity index (χ4v) is 0.639. The topological polar surface area (TPSA) is 35.5 Å². The first-order chi connectivity index (χ1) is 4.66. The number of alkyl halides is 1. The molecule has 10 heavy (non-hydrogen) atoms. The number of carbonyl (C=O) groups is 1. The highest BCUT2D eigenvalue weighted by molar-refractivity contribution is 6.20. The second-order valence-electron chi connectivity index (χ2n) is 1.68. The lowest BCUT2D eigenvalue weighted by Gasteiger charge is -2.08.